The minimum Gasteiger partial charge on any atom is -0.389 e. The molecule has 0 saturated carbocycles. The Morgan fingerprint density at radius 1 is 1.28 bits per heavy atom. The zero-order valence-electron chi connectivity index (χ0n) is 9.47. The number of aromatic nitrogens is 1. The van der Waals surface area contributed by atoms with Crippen LogP contribution in [0, 0.1) is 0 Å². The normalized spacial score (nSPS) is 10.3. The number of pyridine rings is 1. The fourth-order valence-corrected chi connectivity index (χ4v) is 2.62. The molecule has 5 heteroatoms. The third-order valence-electron chi connectivity index (χ3n) is 2.32. The molecule has 0 aliphatic rings. The molecule has 0 radical (unpaired) electrons. The summed E-state index contributed by atoms with van der Waals surface area (Å²) < 4.78 is 1.09. The van der Waals surface area contributed by atoms with E-state index in [-0.39, 0.29) is 0 Å². The van der Waals surface area contributed by atoms with Crippen LogP contribution < -0.4 is 5.73 Å². The fraction of sp³-hybridized carbons (Fsp3) is 0.0769. The number of hydrogen-bond acceptors (Lipinski definition) is 3. The Morgan fingerprint density at radius 3 is 2.67 bits per heavy atom. The highest BCUT2D eigenvalue weighted by atomic mass is 79.9. The largest absolute Gasteiger partial charge is 0.389 e. The second kappa shape index (κ2) is 6.31. The highest BCUT2D eigenvalue weighted by Gasteiger charge is 2.01. The van der Waals surface area contributed by atoms with Crippen LogP contribution in [-0.2, 0) is 5.75 Å². The average molecular weight is 339 g/mol. The molecule has 0 atom stereocenters. The summed E-state index contributed by atoms with van der Waals surface area (Å²) in [5, 5.41) is 0.934. The van der Waals surface area contributed by atoms with E-state index in [1.807, 2.05) is 24.3 Å². The summed E-state index contributed by atoms with van der Waals surface area (Å²) >= 11 is 10.0. The van der Waals surface area contributed by atoms with Crippen molar-refractivity contribution in [3.05, 3.63) is 58.2 Å². The van der Waals surface area contributed by atoms with Crippen molar-refractivity contribution < 1.29 is 0 Å². The van der Waals surface area contributed by atoms with Gasteiger partial charge in [-0.15, -0.1) is 11.8 Å². The van der Waals surface area contributed by atoms with Gasteiger partial charge < -0.3 is 5.73 Å². The molecule has 2 rings (SSSR count). The molecule has 0 aliphatic carbocycles. The fourth-order valence-electron chi connectivity index (χ4n) is 1.38. The van der Waals surface area contributed by atoms with Crippen molar-refractivity contribution in [3.63, 3.8) is 0 Å². The number of thiocarbonyl (C=S) groups is 1. The van der Waals surface area contributed by atoms with Gasteiger partial charge in [-0.05, 0) is 29.8 Å². The van der Waals surface area contributed by atoms with E-state index in [2.05, 4.69) is 33.0 Å². The Kier molecular flexibility index (Phi) is 4.74. The summed E-state index contributed by atoms with van der Waals surface area (Å²) in [6, 6.07) is 12.0. The molecule has 0 aliphatic heterocycles. The summed E-state index contributed by atoms with van der Waals surface area (Å²) in [5.74, 6) is 0.876. The maximum absolute atomic E-state index is 5.60. The Morgan fingerprint density at radius 2 is 2.00 bits per heavy atom. The number of hydrogen-bond donors (Lipinski definition) is 1. The second-order valence-electron chi connectivity index (χ2n) is 3.66. The highest BCUT2D eigenvalue weighted by Crippen LogP contribution is 2.22. The third kappa shape index (κ3) is 3.80. The van der Waals surface area contributed by atoms with Crippen LogP contribution in [0.1, 0.15) is 11.1 Å². The van der Waals surface area contributed by atoms with Crippen molar-refractivity contribution in [2.24, 2.45) is 5.73 Å². The van der Waals surface area contributed by atoms with Gasteiger partial charge in [0.1, 0.15) is 4.99 Å². The Hall–Kier alpha value is -0.910. The Bertz CT molecular complexity index is 555. The quantitative estimate of drug-likeness (QED) is 0.680. The SMILES string of the molecule is NC(=S)c1ccnc(SCc2ccc(Br)cc2)c1. The first-order valence-electron chi connectivity index (χ1n) is 5.28. The van der Waals surface area contributed by atoms with Gasteiger partial charge in [-0.2, -0.15) is 0 Å². The average Bonchev–Trinajstić information content (AvgIpc) is 2.38. The van der Waals surface area contributed by atoms with Gasteiger partial charge in [0.15, 0.2) is 0 Å². The van der Waals surface area contributed by atoms with Crippen molar-refractivity contribution in [1.29, 1.82) is 0 Å². The van der Waals surface area contributed by atoms with E-state index in [0.717, 1.165) is 20.8 Å². The van der Waals surface area contributed by atoms with Gasteiger partial charge in [0.25, 0.3) is 0 Å². The number of rotatable bonds is 4. The lowest BCUT2D eigenvalue weighted by Crippen LogP contribution is -2.09. The first kappa shape index (κ1) is 13.5. The van der Waals surface area contributed by atoms with Gasteiger partial charge >= 0.3 is 0 Å². The van der Waals surface area contributed by atoms with Gasteiger partial charge in [-0.1, -0.05) is 40.3 Å². The minimum absolute atomic E-state index is 0.405. The molecular weight excluding hydrogens is 328 g/mol. The molecule has 0 bridgehead atoms. The number of benzene rings is 1. The third-order valence-corrected chi connectivity index (χ3v) is 4.08. The highest BCUT2D eigenvalue weighted by molar-refractivity contribution is 9.10. The van der Waals surface area contributed by atoms with Crippen molar-refractivity contribution in [2.75, 3.05) is 0 Å². The van der Waals surface area contributed by atoms with E-state index >= 15 is 0 Å². The van der Waals surface area contributed by atoms with Gasteiger partial charge in [-0.3, -0.25) is 0 Å². The molecule has 2 N–H and O–H groups in total. The van der Waals surface area contributed by atoms with Crippen molar-refractivity contribution in [2.45, 2.75) is 10.8 Å². The summed E-state index contributed by atoms with van der Waals surface area (Å²) in [6.07, 6.45) is 1.73. The predicted molar refractivity (Wildman–Crippen MR) is 83.8 cm³/mol. The number of nitrogens with two attached hydrogens (primary N) is 1. The molecule has 92 valence electrons. The molecule has 0 fully saturated rings. The maximum Gasteiger partial charge on any atom is 0.104 e. The van der Waals surface area contributed by atoms with E-state index in [0.29, 0.717) is 4.99 Å². The Labute approximate surface area is 124 Å². The van der Waals surface area contributed by atoms with Crippen LogP contribution in [-0.4, -0.2) is 9.97 Å². The molecule has 1 heterocycles. The standard InChI is InChI=1S/C13H11BrN2S2/c14-11-3-1-9(2-4-11)8-18-12-7-10(13(15)17)5-6-16-12/h1-7H,8H2,(H2,15,17). The molecule has 1 aromatic carbocycles. The number of thioether (sulfide) groups is 1. The van der Waals surface area contributed by atoms with E-state index in [1.165, 1.54) is 5.56 Å². The van der Waals surface area contributed by atoms with Gasteiger partial charge in [0.2, 0.25) is 0 Å². The molecule has 2 aromatic rings. The monoisotopic (exact) mass is 338 g/mol. The molecule has 1 aromatic heterocycles. The summed E-state index contributed by atoms with van der Waals surface area (Å²) in [6.45, 7) is 0. The lowest BCUT2D eigenvalue weighted by molar-refractivity contribution is 1.13. The zero-order chi connectivity index (χ0) is 13.0. The molecule has 0 spiro atoms. The molecule has 2 nitrogen and oxygen atoms in total. The van der Waals surface area contributed by atoms with Gasteiger partial charge in [0.05, 0.1) is 5.03 Å². The zero-order valence-corrected chi connectivity index (χ0v) is 12.7. The van der Waals surface area contributed by atoms with E-state index < -0.39 is 0 Å². The van der Waals surface area contributed by atoms with Crippen LogP contribution in [0.4, 0.5) is 0 Å². The van der Waals surface area contributed by atoms with Crippen LogP contribution in [0.15, 0.2) is 52.1 Å². The van der Waals surface area contributed by atoms with Crippen LogP contribution in [0.5, 0.6) is 0 Å². The smallest absolute Gasteiger partial charge is 0.104 e. The summed E-state index contributed by atoms with van der Waals surface area (Å²) in [7, 11) is 0. The first-order valence-corrected chi connectivity index (χ1v) is 7.47. The molecule has 0 saturated heterocycles. The number of nitrogens with zero attached hydrogens (tertiary/aromatic N) is 1. The van der Waals surface area contributed by atoms with Crippen LogP contribution in [0.2, 0.25) is 0 Å². The molecule has 18 heavy (non-hydrogen) atoms. The molecular formula is C13H11BrN2S2. The van der Waals surface area contributed by atoms with Crippen LogP contribution in [0.25, 0.3) is 0 Å². The molecule has 0 amide bonds. The lowest BCUT2D eigenvalue weighted by atomic mass is 10.2. The Balaban J connectivity index is 2.04. The van der Waals surface area contributed by atoms with Gasteiger partial charge in [0, 0.05) is 22.0 Å². The summed E-state index contributed by atoms with van der Waals surface area (Å²) in [5.41, 5.74) is 7.71. The van der Waals surface area contributed by atoms with Crippen molar-refractivity contribution in [1.82, 2.24) is 4.98 Å². The molecule has 0 unspecified atom stereocenters. The number of halogens is 1. The maximum atomic E-state index is 5.60. The van der Waals surface area contributed by atoms with Crippen LogP contribution in [0.3, 0.4) is 0 Å². The second-order valence-corrected chi connectivity index (χ2v) is 6.01. The van der Waals surface area contributed by atoms with Crippen LogP contribution >= 0.6 is 39.9 Å². The lowest BCUT2D eigenvalue weighted by Gasteiger charge is -2.03. The van der Waals surface area contributed by atoms with Crippen molar-refractivity contribution in [3.8, 4) is 0 Å². The van der Waals surface area contributed by atoms with E-state index in [1.54, 1.807) is 18.0 Å². The minimum atomic E-state index is 0.405. The van der Waals surface area contributed by atoms with E-state index in [9.17, 15) is 0 Å². The van der Waals surface area contributed by atoms with E-state index in [4.69, 9.17) is 18.0 Å². The first-order chi connectivity index (χ1) is 8.65. The topological polar surface area (TPSA) is 38.9 Å². The van der Waals surface area contributed by atoms with Gasteiger partial charge in [-0.25, -0.2) is 4.98 Å². The predicted octanol–water partition coefficient (Wildman–Crippen LogP) is 3.77. The summed E-state index contributed by atoms with van der Waals surface area (Å²) in [4.78, 5) is 4.70. The van der Waals surface area contributed by atoms with Crippen molar-refractivity contribution >= 4 is 44.9 Å².